The summed E-state index contributed by atoms with van der Waals surface area (Å²) in [6.45, 7) is 0. The topological polar surface area (TPSA) is 55.8 Å². The quantitative estimate of drug-likeness (QED) is 0.324. The zero-order chi connectivity index (χ0) is 20.1. The number of carbonyl (C=O) groups is 2. The van der Waals surface area contributed by atoms with E-state index in [2.05, 4.69) is 0 Å². The van der Waals surface area contributed by atoms with Gasteiger partial charge in [-0.15, -0.1) is 23.2 Å². The van der Waals surface area contributed by atoms with Gasteiger partial charge in [0.1, 0.15) is 17.5 Å². The molecular formula is C21H17Cl2NO4. The summed E-state index contributed by atoms with van der Waals surface area (Å²) < 4.78 is 11.0. The van der Waals surface area contributed by atoms with Crippen molar-refractivity contribution >= 4 is 57.3 Å². The molecule has 0 aliphatic carbocycles. The van der Waals surface area contributed by atoms with Crippen molar-refractivity contribution in [3.63, 3.8) is 0 Å². The van der Waals surface area contributed by atoms with Crippen molar-refractivity contribution in [2.45, 2.75) is 0 Å². The number of benzene rings is 3. The summed E-state index contributed by atoms with van der Waals surface area (Å²) in [5.74, 6) is -1.07. The van der Waals surface area contributed by atoms with Crippen molar-refractivity contribution in [1.82, 2.24) is 0 Å². The average Bonchev–Trinajstić information content (AvgIpc) is 2.75. The molecule has 0 aromatic heterocycles. The van der Waals surface area contributed by atoms with Gasteiger partial charge < -0.3 is 14.4 Å². The molecule has 0 fully saturated rings. The summed E-state index contributed by atoms with van der Waals surface area (Å²) in [5, 5.41) is 1.22. The van der Waals surface area contributed by atoms with E-state index < -0.39 is 11.9 Å². The van der Waals surface area contributed by atoms with Crippen molar-refractivity contribution in [2.75, 3.05) is 23.7 Å². The van der Waals surface area contributed by atoms with Crippen LogP contribution in [0.5, 0.6) is 11.5 Å². The van der Waals surface area contributed by atoms with Crippen LogP contribution in [0.15, 0.2) is 60.7 Å². The fraction of sp³-hybridized carbons (Fsp3) is 0.143. The molecule has 0 unspecified atom stereocenters. The van der Waals surface area contributed by atoms with E-state index in [0.717, 1.165) is 5.69 Å². The van der Waals surface area contributed by atoms with Gasteiger partial charge in [0.25, 0.3) is 0 Å². The van der Waals surface area contributed by atoms with Crippen LogP contribution < -0.4 is 14.4 Å². The fourth-order valence-corrected chi connectivity index (χ4v) is 2.93. The third-order valence-electron chi connectivity index (χ3n) is 4.10. The average molecular weight is 418 g/mol. The minimum absolute atomic E-state index is 0.277. The summed E-state index contributed by atoms with van der Waals surface area (Å²) in [5.41, 5.74) is 1.40. The van der Waals surface area contributed by atoms with Gasteiger partial charge in [0.05, 0.1) is 5.69 Å². The second-order valence-electron chi connectivity index (χ2n) is 5.88. The van der Waals surface area contributed by atoms with Gasteiger partial charge in [-0.3, -0.25) is 9.59 Å². The molecule has 0 atom stereocenters. The first kappa shape index (κ1) is 20.0. The molecule has 5 nitrogen and oxygen atoms in total. The first-order valence-corrected chi connectivity index (χ1v) is 9.50. The van der Waals surface area contributed by atoms with Crippen LogP contribution >= 0.6 is 23.2 Å². The lowest BCUT2D eigenvalue weighted by atomic mass is 10.1. The molecule has 3 aromatic rings. The molecule has 3 aromatic carbocycles. The van der Waals surface area contributed by atoms with Crippen molar-refractivity contribution < 1.29 is 19.1 Å². The largest absolute Gasteiger partial charge is 0.425 e. The number of para-hydroxylation sites is 1. The van der Waals surface area contributed by atoms with Gasteiger partial charge in [-0.2, -0.15) is 0 Å². The number of rotatable bonds is 6. The Morgan fingerprint density at radius 3 is 2.07 bits per heavy atom. The zero-order valence-electron chi connectivity index (χ0n) is 15.0. The molecule has 144 valence electrons. The lowest BCUT2D eigenvalue weighted by Gasteiger charge is -2.24. The lowest BCUT2D eigenvalue weighted by Crippen LogP contribution is -2.16. The highest BCUT2D eigenvalue weighted by Crippen LogP contribution is 2.43. The Morgan fingerprint density at radius 2 is 1.43 bits per heavy atom. The Bertz CT molecular complexity index is 1010. The Hall–Kier alpha value is -2.76. The second kappa shape index (κ2) is 8.95. The van der Waals surface area contributed by atoms with E-state index in [1.54, 1.807) is 30.3 Å². The maximum Gasteiger partial charge on any atom is 0.326 e. The molecule has 0 heterocycles. The normalized spacial score (nSPS) is 10.5. The molecule has 28 heavy (non-hydrogen) atoms. The third-order valence-corrected chi connectivity index (χ3v) is 4.54. The number of esters is 2. The second-order valence-corrected chi connectivity index (χ2v) is 6.41. The van der Waals surface area contributed by atoms with Gasteiger partial charge in [-0.05, 0) is 12.1 Å². The molecule has 0 saturated heterocycles. The number of alkyl halides is 2. The van der Waals surface area contributed by atoms with Gasteiger partial charge in [0.15, 0.2) is 5.75 Å². The van der Waals surface area contributed by atoms with E-state index in [4.69, 9.17) is 32.7 Å². The molecule has 7 heteroatoms. The van der Waals surface area contributed by atoms with Crippen molar-refractivity contribution in [3.05, 3.63) is 60.7 Å². The summed E-state index contributed by atoms with van der Waals surface area (Å²) in [7, 11) is 1.82. The first-order valence-electron chi connectivity index (χ1n) is 8.43. The Kier molecular flexibility index (Phi) is 6.39. The maximum absolute atomic E-state index is 12.0. The highest BCUT2D eigenvalue weighted by atomic mass is 35.5. The van der Waals surface area contributed by atoms with Gasteiger partial charge in [-0.25, -0.2) is 0 Å². The number of ether oxygens (including phenoxy) is 2. The van der Waals surface area contributed by atoms with Crippen LogP contribution in [0.3, 0.4) is 0 Å². The minimum atomic E-state index is -0.583. The Morgan fingerprint density at radius 1 is 0.857 bits per heavy atom. The van der Waals surface area contributed by atoms with Crippen LogP contribution in [0.25, 0.3) is 10.8 Å². The van der Waals surface area contributed by atoms with E-state index >= 15 is 0 Å². The van der Waals surface area contributed by atoms with E-state index in [1.165, 1.54) is 0 Å². The number of hydrogen-bond donors (Lipinski definition) is 0. The Labute approximate surface area is 172 Å². The molecular weight excluding hydrogens is 401 g/mol. The number of anilines is 2. The monoisotopic (exact) mass is 417 g/mol. The number of fused-ring (bicyclic) bond motifs is 1. The predicted octanol–water partition coefficient (Wildman–Crippen LogP) is 4.90. The molecule has 0 aliphatic heterocycles. The van der Waals surface area contributed by atoms with Crippen LogP contribution in [0.4, 0.5) is 11.4 Å². The number of carbonyl (C=O) groups excluding carboxylic acids is 2. The summed E-state index contributed by atoms with van der Waals surface area (Å²) >= 11 is 11.2. The van der Waals surface area contributed by atoms with Gasteiger partial charge in [0, 0.05) is 29.6 Å². The van der Waals surface area contributed by atoms with Crippen LogP contribution in [-0.4, -0.2) is 30.7 Å². The molecule has 0 aliphatic rings. The molecule has 0 spiro atoms. The molecule has 0 amide bonds. The van der Waals surface area contributed by atoms with E-state index in [-0.39, 0.29) is 11.8 Å². The highest BCUT2D eigenvalue weighted by molar-refractivity contribution is 6.27. The van der Waals surface area contributed by atoms with Gasteiger partial charge in [-0.1, -0.05) is 42.5 Å². The van der Waals surface area contributed by atoms with Gasteiger partial charge >= 0.3 is 11.9 Å². The fourth-order valence-electron chi connectivity index (χ4n) is 2.82. The van der Waals surface area contributed by atoms with Crippen molar-refractivity contribution in [3.8, 4) is 11.5 Å². The van der Waals surface area contributed by atoms with Crippen molar-refractivity contribution in [1.29, 1.82) is 0 Å². The minimum Gasteiger partial charge on any atom is -0.425 e. The standard InChI is InChI=1S/C21H17Cl2NO4/c1-24(14-7-3-2-4-8-14)17-11-18(27-19(25)12-22)15-9-5-6-10-16(15)21(17)28-20(26)13-23/h2-11H,12-13H2,1H3. The van der Waals surface area contributed by atoms with E-state index in [0.29, 0.717) is 28.0 Å². The maximum atomic E-state index is 12.0. The summed E-state index contributed by atoms with van der Waals surface area (Å²) in [6, 6.07) is 18.3. The molecule has 0 N–H and O–H groups in total. The van der Waals surface area contributed by atoms with E-state index in [9.17, 15) is 9.59 Å². The number of halogens is 2. The summed E-state index contributed by atoms with van der Waals surface area (Å²) in [4.78, 5) is 25.6. The SMILES string of the molecule is CN(c1ccccc1)c1cc(OC(=O)CCl)c2ccccc2c1OC(=O)CCl. The number of hydrogen-bond acceptors (Lipinski definition) is 5. The zero-order valence-corrected chi connectivity index (χ0v) is 16.5. The molecule has 0 bridgehead atoms. The molecule has 0 saturated carbocycles. The summed E-state index contributed by atoms with van der Waals surface area (Å²) in [6.07, 6.45) is 0. The van der Waals surface area contributed by atoms with Gasteiger partial charge in [0.2, 0.25) is 0 Å². The number of nitrogens with zero attached hydrogens (tertiary/aromatic N) is 1. The van der Waals surface area contributed by atoms with Crippen LogP contribution in [-0.2, 0) is 9.59 Å². The Balaban J connectivity index is 2.24. The third kappa shape index (κ3) is 4.21. The van der Waals surface area contributed by atoms with E-state index in [1.807, 2.05) is 42.3 Å². The van der Waals surface area contributed by atoms with Crippen LogP contribution in [0.2, 0.25) is 0 Å². The van der Waals surface area contributed by atoms with Crippen LogP contribution in [0.1, 0.15) is 0 Å². The predicted molar refractivity (Wildman–Crippen MR) is 111 cm³/mol. The van der Waals surface area contributed by atoms with Crippen LogP contribution in [0, 0.1) is 0 Å². The highest BCUT2D eigenvalue weighted by Gasteiger charge is 2.21. The first-order chi connectivity index (χ1) is 13.5. The lowest BCUT2D eigenvalue weighted by molar-refractivity contribution is -0.132. The van der Waals surface area contributed by atoms with Crippen molar-refractivity contribution in [2.24, 2.45) is 0 Å². The molecule has 3 rings (SSSR count). The molecule has 0 radical (unpaired) electrons. The smallest absolute Gasteiger partial charge is 0.326 e.